The van der Waals surface area contributed by atoms with E-state index in [-0.39, 0.29) is 18.4 Å². The predicted octanol–water partition coefficient (Wildman–Crippen LogP) is 2.88. The third-order valence-electron chi connectivity index (χ3n) is 4.70. The van der Waals surface area contributed by atoms with Crippen molar-refractivity contribution in [1.82, 2.24) is 10.4 Å². The lowest BCUT2D eigenvalue weighted by atomic mass is 9.81. The van der Waals surface area contributed by atoms with Gasteiger partial charge in [0.2, 0.25) is 5.91 Å². The van der Waals surface area contributed by atoms with Crippen LogP contribution < -0.4 is 5.43 Å². The Labute approximate surface area is 179 Å². The van der Waals surface area contributed by atoms with Crippen molar-refractivity contribution >= 4 is 17.8 Å². The minimum Gasteiger partial charge on any atom is -0.459 e. The second-order valence-electron chi connectivity index (χ2n) is 9.81. The Kier molecular flexibility index (Phi) is 7.29. The zero-order chi connectivity index (χ0) is 22.7. The number of amides is 1. The molecule has 30 heavy (non-hydrogen) atoms. The van der Waals surface area contributed by atoms with Gasteiger partial charge < -0.3 is 9.47 Å². The third-order valence-corrected chi connectivity index (χ3v) is 4.70. The first kappa shape index (κ1) is 23.9. The summed E-state index contributed by atoms with van der Waals surface area (Å²) in [5, 5.41) is 1.20. The van der Waals surface area contributed by atoms with Crippen LogP contribution >= 0.6 is 0 Å². The van der Waals surface area contributed by atoms with Crippen molar-refractivity contribution < 1.29 is 23.9 Å². The molecule has 1 aromatic carbocycles. The molecule has 166 valence electrons. The maximum atomic E-state index is 13.2. The maximum absolute atomic E-state index is 13.2. The summed E-state index contributed by atoms with van der Waals surface area (Å²) in [6, 6.07) is 8.88. The topological polar surface area (TPSA) is 84.9 Å². The van der Waals surface area contributed by atoms with E-state index in [0.717, 1.165) is 5.56 Å². The van der Waals surface area contributed by atoms with Gasteiger partial charge in [0.1, 0.15) is 23.8 Å². The van der Waals surface area contributed by atoms with Gasteiger partial charge in [-0.1, -0.05) is 37.3 Å². The average Bonchev–Trinajstić information content (AvgIpc) is 2.58. The summed E-state index contributed by atoms with van der Waals surface area (Å²) in [6.45, 7) is 12.3. The first-order valence-electron chi connectivity index (χ1n) is 10.3. The van der Waals surface area contributed by atoms with Crippen molar-refractivity contribution in [3.8, 4) is 0 Å². The Morgan fingerprint density at radius 1 is 1.00 bits per heavy atom. The molecule has 1 aliphatic rings. The molecule has 1 N–H and O–H groups in total. The van der Waals surface area contributed by atoms with E-state index >= 15 is 0 Å². The zero-order valence-corrected chi connectivity index (χ0v) is 19.0. The summed E-state index contributed by atoms with van der Waals surface area (Å²) in [6.07, 6.45) is 0.465. The quantitative estimate of drug-likeness (QED) is 0.740. The summed E-state index contributed by atoms with van der Waals surface area (Å²) in [7, 11) is 0. The Morgan fingerprint density at radius 3 is 2.10 bits per heavy atom. The summed E-state index contributed by atoms with van der Waals surface area (Å²) in [5.74, 6) is -2.03. The summed E-state index contributed by atoms with van der Waals surface area (Å²) < 4.78 is 10.9. The maximum Gasteiger partial charge on any atom is 0.327 e. The van der Waals surface area contributed by atoms with Gasteiger partial charge in [-0.15, -0.1) is 0 Å². The first-order valence-corrected chi connectivity index (χ1v) is 10.3. The van der Waals surface area contributed by atoms with E-state index in [1.807, 2.05) is 37.3 Å². The number of hydrogen-bond donors (Lipinski definition) is 1. The highest BCUT2D eigenvalue weighted by Gasteiger charge is 2.45. The van der Waals surface area contributed by atoms with Crippen molar-refractivity contribution in [3.05, 3.63) is 35.9 Å². The normalized spacial score (nSPS) is 22.6. The third kappa shape index (κ3) is 6.83. The van der Waals surface area contributed by atoms with Gasteiger partial charge in [0.15, 0.2) is 0 Å². The van der Waals surface area contributed by atoms with Crippen molar-refractivity contribution in [2.75, 3.05) is 6.54 Å². The van der Waals surface area contributed by atoms with Gasteiger partial charge in [-0.3, -0.25) is 19.4 Å². The molecular weight excluding hydrogens is 384 g/mol. The van der Waals surface area contributed by atoms with Crippen molar-refractivity contribution in [3.63, 3.8) is 0 Å². The van der Waals surface area contributed by atoms with Crippen LogP contribution in [0.3, 0.4) is 0 Å². The molecule has 0 aromatic heterocycles. The van der Waals surface area contributed by atoms with Crippen LogP contribution in [-0.2, 0) is 30.3 Å². The molecular formula is C23H34N2O5. The van der Waals surface area contributed by atoms with E-state index in [1.54, 1.807) is 41.5 Å². The Hall–Kier alpha value is -2.41. The van der Waals surface area contributed by atoms with Gasteiger partial charge in [-0.25, -0.2) is 5.43 Å². The highest BCUT2D eigenvalue weighted by atomic mass is 16.6. The molecule has 0 radical (unpaired) electrons. The molecule has 1 saturated heterocycles. The minimum atomic E-state index is -0.752. The van der Waals surface area contributed by atoms with E-state index in [0.29, 0.717) is 6.42 Å². The van der Waals surface area contributed by atoms with E-state index < -0.39 is 35.1 Å². The molecule has 1 fully saturated rings. The van der Waals surface area contributed by atoms with Crippen LogP contribution in [0.2, 0.25) is 0 Å². The number of hydrazine groups is 1. The monoisotopic (exact) mass is 418 g/mol. The summed E-state index contributed by atoms with van der Waals surface area (Å²) in [5.41, 5.74) is 2.58. The number of carbonyl (C=O) groups excluding carboxylic acids is 3. The molecule has 3 atom stereocenters. The lowest BCUT2D eigenvalue weighted by molar-refractivity contribution is -0.174. The number of hydrogen-bond acceptors (Lipinski definition) is 6. The largest absolute Gasteiger partial charge is 0.459 e. The molecule has 2 rings (SSSR count). The second-order valence-corrected chi connectivity index (χ2v) is 9.81. The molecule has 0 saturated carbocycles. The minimum absolute atomic E-state index is 0.239. The molecule has 7 heteroatoms. The molecule has 0 unspecified atom stereocenters. The van der Waals surface area contributed by atoms with Crippen molar-refractivity contribution in [1.29, 1.82) is 0 Å². The standard InChI is InChI=1S/C23H34N2O5/c1-15-17(13-16-11-9-8-10-12-16)20(27)25(14-18(26)29-22(2,3)4)24-19(15)21(28)30-23(5,6)7/h8-12,15,17,19,24H,13-14H2,1-7H3/t15-,17+,19+/m1/s1. The highest BCUT2D eigenvalue weighted by Crippen LogP contribution is 2.28. The number of ether oxygens (including phenoxy) is 2. The first-order chi connectivity index (χ1) is 13.8. The van der Waals surface area contributed by atoms with Crippen LogP contribution in [0.15, 0.2) is 30.3 Å². The van der Waals surface area contributed by atoms with E-state index in [4.69, 9.17) is 9.47 Å². The number of benzene rings is 1. The van der Waals surface area contributed by atoms with Crippen molar-refractivity contribution in [2.45, 2.75) is 72.1 Å². The van der Waals surface area contributed by atoms with Crippen LogP contribution in [0.1, 0.15) is 54.0 Å². The Balaban J connectivity index is 2.27. The zero-order valence-electron chi connectivity index (χ0n) is 19.0. The average molecular weight is 419 g/mol. The van der Waals surface area contributed by atoms with Gasteiger partial charge in [-0.2, -0.15) is 0 Å². The number of nitrogens with one attached hydrogen (secondary N) is 1. The number of rotatable bonds is 5. The van der Waals surface area contributed by atoms with E-state index in [9.17, 15) is 14.4 Å². The fraction of sp³-hybridized carbons (Fsp3) is 0.609. The van der Waals surface area contributed by atoms with E-state index in [2.05, 4.69) is 5.43 Å². The lowest BCUT2D eigenvalue weighted by Crippen LogP contribution is -2.64. The molecule has 0 spiro atoms. The Morgan fingerprint density at radius 2 is 1.57 bits per heavy atom. The summed E-state index contributed by atoms with van der Waals surface area (Å²) in [4.78, 5) is 38.4. The summed E-state index contributed by atoms with van der Waals surface area (Å²) >= 11 is 0. The smallest absolute Gasteiger partial charge is 0.327 e. The van der Waals surface area contributed by atoms with Gasteiger partial charge in [-0.05, 0) is 59.4 Å². The molecule has 1 amide bonds. The SMILES string of the molecule is C[C@@H]1[C@H](Cc2ccccc2)C(=O)N(CC(=O)OC(C)(C)C)N[C@@H]1C(=O)OC(C)(C)C. The van der Waals surface area contributed by atoms with Gasteiger partial charge in [0.05, 0.1) is 0 Å². The lowest BCUT2D eigenvalue weighted by Gasteiger charge is -2.42. The number of nitrogens with zero attached hydrogens (tertiary/aromatic N) is 1. The van der Waals surface area contributed by atoms with Gasteiger partial charge in [0.25, 0.3) is 0 Å². The predicted molar refractivity (Wildman–Crippen MR) is 113 cm³/mol. The second kappa shape index (κ2) is 9.16. The van der Waals surface area contributed by atoms with Gasteiger partial charge in [0, 0.05) is 5.92 Å². The number of esters is 2. The molecule has 0 aliphatic carbocycles. The molecule has 1 aromatic rings. The fourth-order valence-corrected chi connectivity index (χ4v) is 3.41. The van der Waals surface area contributed by atoms with Gasteiger partial charge >= 0.3 is 11.9 Å². The van der Waals surface area contributed by atoms with Crippen molar-refractivity contribution in [2.24, 2.45) is 11.8 Å². The molecule has 1 heterocycles. The van der Waals surface area contributed by atoms with Crippen LogP contribution in [-0.4, -0.2) is 46.6 Å². The van der Waals surface area contributed by atoms with Crippen LogP contribution in [0.5, 0.6) is 0 Å². The Bertz CT molecular complexity index is 764. The van der Waals surface area contributed by atoms with Crippen LogP contribution in [0.25, 0.3) is 0 Å². The highest BCUT2D eigenvalue weighted by molar-refractivity contribution is 5.87. The number of carbonyl (C=O) groups is 3. The molecule has 1 aliphatic heterocycles. The van der Waals surface area contributed by atoms with Crippen LogP contribution in [0, 0.1) is 11.8 Å². The molecule has 7 nitrogen and oxygen atoms in total. The fourth-order valence-electron chi connectivity index (χ4n) is 3.41. The molecule has 0 bridgehead atoms. The van der Waals surface area contributed by atoms with E-state index in [1.165, 1.54) is 5.01 Å². The van der Waals surface area contributed by atoms with Crippen LogP contribution in [0.4, 0.5) is 0 Å².